The normalized spacial score (nSPS) is 12.4. The summed E-state index contributed by atoms with van der Waals surface area (Å²) >= 11 is 0. The minimum atomic E-state index is -0.687. The third kappa shape index (κ3) is 9.83. The Kier molecular flexibility index (Phi) is 12.5. The van der Waals surface area contributed by atoms with Crippen molar-refractivity contribution in [1.29, 1.82) is 0 Å². The van der Waals surface area contributed by atoms with Gasteiger partial charge in [-0.1, -0.05) is 56.0 Å². The van der Waals surface area contributed by atoms with E-state index in [4.69, 9.17) is 18.9 Å². The Bertz CT molecular complexity index is 1750. The first kappa shape index (κ1) is 35.0. The van der Waals surface area contributed by atoms with Gasteiger partial charge in [-0.15, -0.1) is 0 Å². The number of rotatable bonds is 10. The zero-order valence-corrected chi connectivity index (χ0v) is 26.5. The Balaban J connectivity index is 0.000000500. The lowest BCUT2D eigenvalue weighted by atomic mass is 9.98. The highest BCUT2D eigenvalue weighted by Gasteiger charge is 2.14. The van der Waals surface area contributed by atoms with Crippen LogP contribution in [0.5, 0.6) is 11.5 Å². The van der Waals surface area contributed by atoms with Crippen LogP contribution in [-0.2, 0) is 19.1 Å². The molecule has 0 saturated heterocycles. The highest BCUT2D eigenvalue weighted by Crippen LogP contribution is 2.29. The molecule has 48 heavy (non-hydrogen) atoms. The fourth-order valence-corrected chi connectivity index (χ4v) is 4.88. The summed E-state index contributed by atoms with van der Waals surface area (Å²) in [6.45, 7) is 8.97. The predicted molar refractivity (Wildman–Crippen MR) is 179 cm³/mol. The van der Waals surface area contributed by atoms with Crippen LogP contribution in [0.25, 0.3) is 22.3 Å². The van der Waals surface area contributed by atoms with Gasteiger partial charge in [-0.25, -0.2) is 18.8 Å². The van der Waals surface area contributed by atoms with Gasteiger partial charge in [0.15, 0.2) is 0 Å². The van der Waals surface area contributed by atoms with E-state index in [2.05, 4.69) is 13.2 Å². The molecule has 0 spiro atoms. The summed E-state index contributed by atoms with van der Waals surface area (Å²) in [7, 11) is 0. The van der Waals surface area contributed by atoms with Crippen LogP contribution in [-0.4, -0.2) is 30.5 Å². The molecule has 246 valence electrons. The van der Waals surface area contributed by atoms with Crippen molar-refractivity contribution in [3.63, 3.8) is 0 Å². The Hall–Kier alpha value is -5.83. The Labute approximate surface area is 278 Å². The lowest BCUT2D eigenvalue weighted by Crippen LogP contribution is -2.15. The summed E-state index contributed by atoms with van der Waals surface area (Å²) < 4.78 is 34.9. The van der Waals surface area contributed by atoms with E-state index in [9.17, 15) is 23.6 Å². The molecule has 0 unspecified atom stereocenters. The molecular formula is C39H35FO8. The van der Waals surface area contributed by atoms with Gasteiger partial charge in [-0.05, 0) is 97.8 Å². The monoisotopic (exact) mass is 650 g/mol. The van der Waals surface area contributed by atoms with Crippen LogP contribution in [0.3, 0.4) is 0 Å². The molecule has 0 bridgehead atoms. The summed E-state index contributed by atoms with van der Waals surface area (Å²) in [6.07, 6.45) is 7.19. The molecule has 1 fully saturated rings. The van der Waals surface area contributed by atoms with Gasteiger partial charge in [0.25, 0.3) is 6.47 Å². The van der Waals surface area contributed by atoms with Crippen LogP contribution in [0.2, 0.25) is 0 Å². The molecule has 5 rings (SSSR count). The fourth-order valence-electron chi connectivity index (χ4n) is 4.88. The minimum absolute atomic E-state index is 0.0470. The van der Waals surface area contributed by atoms with Gasteiger partial charge in [0.1, 0.15) is 23.4 Å². The van der Waals surface area contributed by atoms with Crippen LogP contribution in [0.1, 0.15) is 59.7 Å². The summed E-state index contributed by atoms with van der Waals surface area (Å²) in [5.74, 6) is -2.00. The summed E-state index contributed by atoms with van der Waals surface area (Å²) in [4.78, 5) is 45.7. The molecule has 0 amide bonds. The van der Waals surface area contributed by atoms with Crippen LogP contribution >= 0.6 is 0 Å². The van der Waals surface area contributed by atoms with E-state index in [-0.39, 0.29) is 28.7 Å². The van der Waals surface area contributed by atoms with Crippen LogP contribution in [0.15, 0.2) is 116 Å². The minimum Gasteiger partial charge on any atom is -0.465 e. The summed E-state index contributed by atoms with van der Waals surface area (Å²) in [5, 5.41) is 0. The van der Waals surface area contributed by atoms with E-state index < -0.39 is 23.7 Å². The van der Waals surface area contributed by atoms with Crippen molar-refractivity contribution in [2.24, 2.45) is 0 Å². The second kappa shape index (κ2) is 17.2. The lowest BCUT2D eigenvalue weighted by Gasteiger charge is -2.18. The number of hydrogen-bond donors (Lipinski definition) is 0. The molecule has 4 aromatic carbocycles. The number of ether oxygens (including phenoxy) is 4. The first-order chi connectivity index (χ1) is 23.2. The zero-order chi connectivity index (χ0) is 34.5. The second-order valence-electron chi connectivity index (χ2n) is 10.9. The molecule has 0 N–H and O–H groups in total. The average Bonchev–Trinajstić information content (AvgIpc) is 3.10. The first-order valence-electron chi connectivity index (χ1n) is 15.3. The molecule has 0 aliphatic heterocycles. The Morgan fingerprint density at radius 3 is 1.83 bits per heavy atom. The third-order valence-corrected chi connectivity index (χ3v) is 7.44. The second-order valence-corrected chi connectivity index (χ2v) is 10.9. The van der Waals surface area contributed by atoms with Gasteiger partial charge in [0.05, 0.1) is 17.4 Å². The lowest BCUT2D eigenvalue weighted by molar-refractivity contribution is -0.135. The van der Waals surface area contributed by atoms with Gasteiger partial charge < -0.3 is 18.9 Å². The maximum Gasteiger partial charge on any atom is 0.343 e. The molecule has 1 aliphatic rings. The van der Waals surface area contributed by atoms with Crippen molar-refractivity contribution in [1.82, 2.24) is 0 Å². The molecule has 0 radical (unpaired) electrons. The molecule has 0 aromatic heterocycles. The van der Waals surface area contributed by atoms with Gasteiger partial charge in [-0.2, -0.15) is 0 Å². The molecule has 8 nitrogen and oxygen atoms in total. The molecule has 4 aromatic rings. The maximum atomic E-state index is 14.9. The Morgan fingerprint density at radius 1 is 0.729 bits per heavy atom. The molecular weight excluding hydrogens is 615 g/mol. The van der Waals surface area contributed by atoms with E-state index in [1.54, 1.807) is 36.4 Å². The number of esters is 3. The van der Waals surface area contributed by atoms with Crippen molar-refractivity contribution in [2.75, 3.05) is 0 Å². The maximum absolute atomic E-state index is 14.9. The topological polar surface area (TPSA) is 105 Å². The van der Waals surface area contributed by atoms with Gasteiger partial charge in [0, 0.05) is 17.2 Å². The standard InChI is InChI=1S/C32H23FO6.C7H12O2/c1-4-37-31(35)24-11-7-22(8-12-24)21-5-9-23(10-6-21)28-18-17-27(19-29(28)33)39-32(36)25-13-15-26(16-14-25)38-30(34)20(2)3;8-6-9-7-4-2-1-3-5-7/h4-19H,1-2H2,3H3;6-7H,1-5H2. The van der Waals surface area contributed by atoms with Crippen LogP contribution < -0.4 is 9.47 Å². The Morgan fingerprint density at radius 2 is 1.27 bits per heavy atom. The van der Waals surface area contributed by atoms with Crippen molar-refractivity contribution >= 4 is 24.4 Å². The number of carbonyl (C=O) groups excluding carboxylic acids is 4. The van der Waals surface area contributed by atoms with E-state index in [0.717, 1.165) is 36.3 Å². The van der Waals surface area contributed by atoms with Crippen molar-refractivity contribution < 1.29 is 42.5 Å². The highest BCUT2D eigenvalue weighted by molar-refractivity contribution is 5.92. The smallest absolute Gasteiger partial charge is 0.343 e. The van der Waals surface area contributed by atoms with Gasteiger partial charge in [0.2, 0.25) is 0 Å². The quantitative estimate of drug-likeness (QED) is 0.0552. The SMILES string of the molecule is C=COC(=O)c1ccc(-c2ccc(-c3ccc(OC(=O)c4ccc(OC(=O)C(=C)C)cc4)cc3F)cc2)cc1.O=COC1CCCCC1. The highest BCUT2D eigenvalue weighted by atomic mass is 19.1. The van der Waals surface area contributed by atoms with Crippen molar-refractivity contribution in [2.45, 2.75) is 45.1 Å². The summed E-state index contributed by atoms with van der Waals surface area (Å²) in [6, 6.07) is 24.1. The van der Waals surface area contributed by atoms with Crippen molar-refractivity contribution in [3.05, 3.63) is 133 Å². The summed E-state index contributed by atoms with van der Waals surface area (Å²) in [5.41, 5.74) is 3.59. The van der Waals surface area contributed by atoms with E-state index in [0.29, 0.717) is 23.2 Å². The fraction of sp³-hybridized carbons (Fsp3) is 0.179. The molecule has 0 heterocycles. The predicted octanol–water partition coefficient (Wildman–Crippen LogP) is 8.65. The van der Waals surface area contributed by atoms with E-state index >= 15 is 0 Å². The molecule has 9 heteroatoms. The molecule has 1 aliphatic carbocycles. The number of halogens is 1. The number of benzene rings is 4. The number of carbonyl (C=O) groups is 4. The number of hydrogen-bond acceptors (Lipinski definition) is 8. The van der Waals surface area contributed by atoms with E-state index in [1.807, 2.05) is 12.1 Å². The van der Waals surface area contributed by atoms with Crippen LogP contribution in [0.4, 0.5) is 4.39 Å². The zero-order valence-electron chi connectivity index (χ0n) is 26.5. The van der Waals surface area contributed by atoms with Gasteiger partial charge in [-0.3, -0.25) is 4.79 Å². The van der Waals surface area contributed by atoms with Gasteiger partial charge >= 0.3 is 17.9 Å². The van der Waals surface area contributed by atoms with Crippen molar-refractivity contribution in [3.8, 4) is 33.8 Å². The average molecular weight is 651 g/mol. The molecule has 1 saturated carbocycles. The largest absolute Gasteiger partial charge is 0.465 e. The third-order valence-electron chi connectivity index (χ3n) is 7.44. The van der Waals surface area contributed by atoms with Crippen LogP contribution in [0, 0.1) is 5.82 Å². The van der Waals surface area contributed by atoms with E-state index in [1.165, 1.54) is 62.6 Å². The molecule has 0 atom stereocenters. The first-order valence-corrected chi connectivity index (χ1v) is 15.3.